The minimum Gasteiger partial charge on any atom is -0.368 e. The number of nitrogens with two attached hydrogens (primary N) is 1. The van der Waals surface area contributed by atoms with Crippen molar-refractivity contribution in [3.05, 3.63) is 28.7 Å². The summed E-state index contributed by atoms with van der Waals surface area (Å²) >= 11 is 0. The fraction of sp³-hybridized carbons (Fsp3) is 0.364. The first-order valence-electron chi connectivity index (χ1n) is 5.34. The van der Waals surface area contributed by atoms with E-state index in [0.29, 0.717) is 12.2 Å². The van der Waals surface area contributed by atoms with Crippen LogP contribution in [0.5, 0.6) is 0 Å². The van der Waals surface area contributed by atoms with E-state index in [9.17, 15) is 4.79 Å². The number of unbranched alkanes of at least 4 members (excludes halogenated alkanes) is 1. The van der Waals surface area contributed by atoms with Crippen molar-refractivity contribution in [2.75, 3.05) is 5.73 Å². The standard InChI is InChI=1S/C11H14N4O/c1-2-3-6-15-9(16)5-4-8-7-13-11(12)14-10(8)15/h4-5,7H,2-3,6H2,1H3,(H2,12,13,14). The number of nitrogens with zero attached hydrogens (tertiary/aromatic N) is 3. The summed E-state index contributed by atoms with van der Waals surface area (Å²) in [6.45, 7) is 2.75. The van der Waals surface area contributed by atoms with Gasteiger partial charge < -0.3 is 5.73 Å². The summed E-state index contributed by atoms with van der Waals surface area (Å²) < 4.78 is 1.65. The van der Waals surface area contributed by atoms with Crippen LogP contribution in [-0.4, -0.2) is 14.5 Å². The molecule has 0 bridgehead atoms. The second-order valence-corrected chi connectivity index (χ2v) is 3.68. The summed E-state index contributed by atoms with van der Waals surface area (Å²) in [7, 11) is 0. The van der Waals surface area contributed by atoms with Gasteiger partial charge in [-0.25, -0.2) is 4.98 Å². The Morgan fingerprint density at radius 1 is 1.44 bits per heavy atom. The second kappa shape index (κ2) is 4.30. The quantitative estimate of drug-likeness (QED) is 0.839. The molecule has 2 aromatic rings. The Morgan fingerprint density at radius 3 is 3.00 bits per heavy atom. The first-order valence-corrected chi connectivity index (χ1v) is 5.34. The van der Waals surface area contributed by atoms with Crippen LogP contribution in [0.2, 0.25) is 0 Å². The molecule has 0 atom stereocenters. The van der Waals surface area contributed by atoms with E-state index in [-0.39, 0.29) is 11.5 Å². The van der Waals surface area contributed by atoms with Crippen LogP contribution in [-0.2, 0) is 6.54 Å². The molecule has 2 N–H and O–H groups in total. The Hall–Kier alpha value is -1.91. The first kappa shape index (κ1) is 10.6. The molecule has 84 valence electrons. The van der Waals surface area contributed by atoms with Crippen LogP contribution >= 0.6 is 0 Å². The monoisotopic (exact) mass is 218 g/mol. The maximum absolute atomic E-state index is 11.7. The fourth-order valence-corrected chi connectivity index (χ4v) is 1.62. The zero-order chi connectivity index (χ0) is 11.5. The van der Waals surface area contributed by atoms with Crippen molar-refractivity contribution in [1.29, 1.82) is 0 Å². The molecule has 0 aromatic carbocycles. The lowest BCUT2D eigenvalue weighted by Crippen LogP contribution is -2.20. The summed E-state index contributed by atoms with van der Waals surface area (Å²) in [5.74, 6) is 0.198. The number of aromatic nitrogens is 3. The maximum atomic E-state index is 11.7. The van der Waals surface area contributed by atoms with Gasteiger partial charge in [0.25, 0.3) is 5.56 Å². The summed E-state index contributed by atoms with van der Waals surface area (Å²) in [5.41, 5.74) is 6.11. The molecule has 0 unspecified atom stereocenters. The van der Waals surface area contributed by atoms with E-state index in [1.165, 1.54) is 6.07 Å². The van der Waals surface area contributed by atoms with Crippen molar-refractivity contribution in [2.45, 2.75) is 26.3 Å². The van der Waals surface area contributed by atoms with Gasteiger partial charge in [0.2, 0.25) is 5.95 Å². The van der Waals surface area contributed by atoms with E-state index in [0.717, 1.165) is 18.2 Å². The van der Waals surface area contributed by atoms with Crippen LogP contribution in [0.3, 0.4) is 0 Å². The van der Waals surface area contributed by atoms with E-state index >= 15 is 0 Å². The maximum Gasteiger partial charge on any atom is 0.252 e. The number of hydrogen-bond acceptors (Lipinski definition) is 4. The van der Waals surface area contributed by atoms with Crippen LogP contribution in [0.15, 0.2) is 23.1 Å². The van der Waals surface area contributed by atoms with E-state index < -0.39 is 0 Å². The number of rotatable bonds is 3. The van der Waals surface area contributed by atoms with Gasteiger partial charge in [-0.05, 0) is 12.5 Å². The van der Waals surface area contributed by atoms with E-state index in [2.05, 4.69) is 16.9 Å². The van der Waals surface area contributed by atoms with Gasteiger partial charge >= 0.3 is 0 Å². The number of nitrogen functional groups attached to an aromatic ring is 1. The molecule has 2 aromatic heterocycles. The largest absolute Gasteiger partial charge is 0.368 e. The lowest BCUT2D eigenvalue weighted by molar-refractivity contribution is 0.627. The zero-order valence-electron chi connectivity index (χ0n) is 9.18. The summed E-state index contributed by atoms with van der Waals surface area (Å²) in [6, 6.07) is 3.26. The third-order valence-electron chi connectivity index (χ3n) is 2.48. The highest BCUT2D eigenvalue weighted by Gasteiger charge is 2.04. The smallest absolute Gasteiger partial charge is 0.252 e. The van der Waals surface area contributed by atoms with Crippen molar-refractivity contribution in [3.63, 3.8) is 0 Å². The van der Waals surface area contributed by atoms with E-state index in [4.69, 9.17) is 5.73 Å². The van der Waals surface area contributed by atoms with Crippen molar-refractivity contribution < 1.29 is 0 Å². The Kier molecular flexibility index (Phi) is 2.85. The van der Waals surface area contributed by atoms with Gasteiger partial charge in [-0.1, -0.05) is 13.3 Å². The number of fused-ring (bicyclic) bond motifs is 1. The molecule has 0 fully saturated rings. The SMILES string of the molecule is CCCCn1c(=O)ccc2cnc(N)nc21. The number of hydrogen-bond donors (Lipinski definition) is 1. The molecule has 2 heterocycles. The van der Waals surface area contributed by atoms with Gasteiger partial charge in [-0.3, -0.25) is 9.36 Å². The van der Waals surface area contributed by atoms with Crippen LogP contribution in [0.4, 0.5) is 5.95 Å². The predicted octanol–water partition coefficient (Wildman–Crippen LogP) is 1.17. The molecule has 5 heteroatoms. The Morgan fingerprint density at radius 2 is 2.25 bits per heavy atom. The third kappa shape index (κ3) is 1.88. The summed E-state index contributed by atoms with van der Waals surface area (Å²) in [5, 5.41) is 0.838. The minimum absolute atomic E-state index is 0.0425. The summed E-state index contributed by atoms with van der Waals surface area (Å²) in [6.07, 6.45) is 3.62. The topological polar surface area (TPSA) is 73.8 Å². The van der Waals surface area contributed by atoms with Crippen molar-refractivity contribution in [2.24, 2.45) is 0 Å². The molecule has 2 rings (SSSR count). The van der Waals surface area contributed by atoms with Crippen LogP contribution in [0.25, 0.3) is 11.0 Å². The second-order valence-electron chi connectivity index (χ2n) is 3.68. The van der Waals surface area contributed by atoms with Crippen molar-refractivity contribution in [3.8, 4) is 0 Å². The fourth-order valence-electron chi connectivity index (χ4n) is 1.62. The average molecular weight is 218 g/mol. The zero-order valence-corrected chi connectivity index (χ0v) is 9.18. The van der Waals surface area contributed by atoms with Gasteiger partial charge in [0, 0.05) is 24.2 Å². The highest BCUT2D eigenvalue weighted by Crippen LogP contribution is 2.09. The lowest BCUT2D eigenvalue weighted by Gasteiger charge is -2.08. The molecular formula is C11H14N4O. The van der Waals surface area contributed by atoms with Gasteiger partial charge in [-0.15, -0.1) is 0 Å². The Labute approximate surface area is 92.9 Å². The molecule has 0 aliphatic carbocycles. The average Bonchev–Trinajstić information content (AvgIpc) is 2.28. The lowest BCUT2D eigenvalue weighted by atomic mass is 10.3. The highest BCUT2D eigenvalue weighted by molar-refractivity contribution is 5.74. The molecule has 0 aliphatic rings. The first-order chi connectivity index (χ1) is 7.72. The third-order valence-corrected chi connectivity index (χ3v) is 2.48. The predicted molar refractivity (Wildman–Crippen MR) is 63.1 cm³/mol. The van der Waals surface area contributed by atoms with Crippen LogP contribution in [0, 0.1) is 0 Å². The Balaban J connectivity index is 2.63. The molecule has 16 heavy (non-hydrogen) atoms. The molecule has 0 amide bonds. The molecule has 0 aliphatic heterocycles. The van der Waals surface area contributed by atoms with Gasteiger partial charge in [0.15, 0.2) is 0 Å². The van der Waals surface area contributed by atoms with Gasteiger partial charge in [0.1, 0.15) is 5.65 Å². The molecule has 0 saturated carbocycles. The number of pyridine rings is 1. The molecule has 0 spiro atoms. The minimum atomic E-state index is -0.0425. The highest BCUT2D eigenvalue weighted by atomic mass is 16.1. The van der Waals surface area contributed by atoms with Crippen LogP contribution < -0.4 is 11.3 Å². The molecule has 0 saturated heterocycles. The Bertz CT molecular complexity index is 561. The van der Waals surface area contributed by atoms with Crippen LogP contribution in [0.1, 0.15) is 19.8 Å². The summed E-state index contributed by atoms with van der Waals surface area (Å²) in [4.78, 5) is 19.7. The van der Waals surface area contributed by atoms with Gasteiger partial charge in [0.05, 0.1) is 0 Å². The molecular weight excluding hydrogens is 204 g/mol. The van der Waals surface area contributed by atoms with E-state index in [1.54, 1.807) is 16.8 Å². The van der Waals surface area contributed by atoms with E-state index in [1.807, 2.05) is 0 Å². The van der Waals surface area contributed by atoms with Crippen molar-refractivity contribution >= 4 is 17.0 Å². The van der Waals surface area contributed by atoms with Gasteiger partial charge in [-0.2, -0.15) is 4.98 Å². The molecule has 0 radical (unpaired) electrons. The molecule has 5 nitrogen and oxygen atoms in total. The normalized spacial score (nSPS) is 10.8. The number of aryl methyl sites for hydroxylation is 1. The number of anilines is 1. The van der Waals surface area contributed by atoms with Crippen molar-refractivity contribution in [1.82, 2.24) is 14.5 Å².